The van der Waals surface area contributed by atoms with Crippen molar-refractivity contribution in [3.8, 4) is 0 Å². The van der Waals surface area contributed by atoms with Crippen molar-refractivity contribution in [1.82, 2.24) is 4.98 Å². The van der Waals surface area contributed by atoms with Crippen LogP contribution in [-0.4, -0.2) is 4.98 Å². The van der Waals surface area contributed by atoms with Gasteiger partial charge in [0.25, 0.3) is 0 Å². The summed E-state index contributed by atoms with van der Waals surface area (Å²) in [5, 5.41) is 1.11. The lowest BCUT2D eigenvalue weighted by Gasteiger charge is -2.09. The van der Waals surface area contributed by atoms with Crippen LogP contribution >= 0.6 is 11.8 Å². The fourth-order valence-corrected chi connectivity index (χ4v) is 3.24. The van der Waals surface area contributed by atoms with Crippen molar-refractivity contribution in [2.45, 2.75) is 29.6 Å². The molecule has 0 fully saturated rings. The Morgan fingerprint density at radius 2 is 1.76 bits per heavy atom. The number of nitrogen functional groups attached to an aromatic ring is 1. The molecule has 0 bridgehead atoms. The Morgan fingerprint density at radius 1 is 1.00 bits per heavy atom. The van der Waals surface area contributed by atoms with Crippen molar-refractivity contribution >= 4 is 28.4 Å². The Hall–Kier alpha value is -2.00. The Labute approximate surface area is 129 Å². The number of pyridine rings is 1. The van der Waals surface area contributed by atoms with Crippen molar-refractivity contribution in [1.29, 1.82) is 0 Å². The third-order valence-corrected chi connectivity index (χ3v) is 4.62. The molecular weight excluding hydrogens is 276 g/mol. The number of benzene rings is 2. The molecule has 0 spiro atoms. The second-order valence-electron chi connectivity index (χ2n) is 5.38. The molecule has 2 N–H and O–H groups in total. The molecule has 0 saturated heterocycles. The highest BCUT2D eigenvalue weighted by Crippen LogP contribution is 2.35. The first-order valence-electron chi connectivity index (χ1n) is 7.06. The lowest BCUT2D eigenvalue weighted by molar-refractivity contribution is 0.865. The first kappa shape index (κ1) is 14.0. The molecule has 0 aliphatic heterocycles. The predicted molar refractivity (Wildman–Crippen MR) is 90.8 cm³/mol. The number of rotatable bonds is 3. The van der Waals surface area contributed by atoms with Crippen LogP contribution in [0.1, 0.15) is 25.3 Å². The highest BCUT2D eigenvalue weighted by molar-refractivity contribution is 7.99. The van der Waals surface area contributed by atoms with Gasteiger partial charge in [-0.15, -0.1) is 0 Å². The Balaban J connectivity index is 1.96. The van der Waals surface area contributed by atoms with Crippen molar-refractivity contribution in [3.63, 3.8) is 0 Å². The topological polar surface area (TPSA) is 38.9 Å². The largest absolute Gasteiger partial charge is 0.397 e. The summed E-state index contributed by atoms with van der Waals surface area (Å²) in [7, 11) is 0. The number of fused-ring (bicyclic) bond motifs is 1. The molecule has 0 aliphatic rings. The molecule has 3 rings (SSSR count). The van der Waals surface area contributed by atoms with Crippen LogP contribution in [0.3, 0.4) is 0 Å². The summed E-state index contributed by atoms with van der Waals surface area (Å²) in [5.74, 6) is 0.561. The van der Waals surface area contributed by atoms with Crippen molar-refractivity contribution in [2.75, 3.05) is 5.73 Å². The van der Waals surface area contributed by atoms with E-state index >= 15 is 0 Å². The van der Waals surface area contributed by atoms with Crippen LogP contribution in [0.25, 0.3) is 10.9 Å². The smallest absolute Gasteiger partial charge is 0.0942 e. The van der Waals surface area contributed by atoms with Crippen molar-refractivity contribution < 1.29 is 0 Å². The van der Waals surface area contributed by atoms with Gasteiger partial charge in [-0.25, -0.2) is 0 Å². The number of nitrogens with two attached hydrogens (primary N) is 1. The minimum Gasteiger partial charge on any atom is -0.397 e. The standard InChI is InChI=1S/C18H18N2S/c1-12(2)13-5-7-14(8-6-13)21-17-10-9-16(19)18-15(17)4-3-11-20-18/h3-12H,19H2,1-2H3. The summed E-state index contributed by atoms with van der Waals surface area (Å²) in [6.07, 6.45) is 1.78. The van der Waals surface area contributed by atoms with E-state index in [4.69, 9.17) is 5.73 Å². The molecule has 2 nitrogen and oxygen atoms in total. The normalized spacial score (nSPS) is 11.2. The summed E-state index contributed by atoms with van der Waals surface area (Å²) in [5.41, 5.74) is 8.97. The summed E-state index contributed by atoms with van der Waals surface area (Å²) in [4.78, 5) is 6.80. The third kappa shape index (κ3) is 2.88. The maximum atomic E-state index is 6.00. The van der Waals surface area contributed by atoms with E-state index in [0.29, 0.717) is 5.92 Å². The second kappa shape index (κ2) is 5.78. The van der Waals surface area contributed by atoms with Gasteiger partial charge in [0.05, 0.1) is 11.2 Å². The molecule has 0 amide bonds. The molecule has 0 unspecified atom stereocenters. The van der Waals surface area contributed by atoms with E-state index in [0.717, 1.165) is 16.6 Å². The van der Waals surface area contributed by atoms with Crippen LogP contribution in [0.15, 0.2) is 64.5 Å². The van der Waals surface area contributed by atoms with Crippen molar-refractivity contribution in [3.05, 3.63) is 60.3 Å². The van der Waals surface area contributed by atoms with Crippen LogP contribution < -0.4 is 5.73 Å². The molecule has 2 aromatic carbocycles. The minimum atomic E-state index is 0.561. The van der Waals surface area contributed by atoms with Crippen LogP contribution in [0, 0.1) is 0 Å². The summed E-state index contributed by atoms with van der Waals surface area (Å²) < 4.78 is 0. The molecule has 1 aromatic heterocycles. The minimum absolute atomic E-state index is 0.561. The van der Waals surface area contributed by atoms with E-state index in [1.165, 1.54) is 15.4 Å². The van der Waals surface area contributed by atoms with Gasteiger partial charge in [-0.1, -0.05) is 43.8 Å². The van der Waals surface area contributed by atoms with Gasteiger partial charge in [0.15, 0.2) is 0 Å². The van der Waals surface area contributed by atoms with E-state index < -0.39 is 0 Å². The second-order valence-corrected chi connectivity index (χ2v) is 6.49. The van der Waals surface area contributed by atoms with Gasteiger partial charge in [0.2, 0.25) is 0 Å². The van der Waals surface area contributed by atoms with Crippen LogP contribution in [0.2, 0.25) is 0 Å². The first-order valence-corrected chi connectivity index (χ1v) is 7.88. The van der Waals surface area contributed by atoms with Gasteiger partial charge in [0, 0.05) is 21.4 Å². The van der Waals surface area contributed by atoms with E-state index in [9.17, 15) is 0 Å². The number of anilines is 1. The zero-order chi connectivity index (χ0) is 14.8. The zero-order valence-electron chi connectivity index (χ0n) is 12.2. The maximum Gasteiger partial charge on any atom is 0.0942 e. The predicted octanol–water partition coefficient (Wildman–Crippen LogP) is 5.09. The third-order valence-electron chi connectivity index (χ3n) is 3.54. The van der Waals surface area contributed by atoms with Gasteiger partial charge >= 0.3 is 0 Å². The molecule has 3 heteroatoms. The molecule has 0 atom stereocenters. The Morgan fingerprint density at radius 3 is 2.48 bits per heavy atom. The highest BCUT2D eigenvalue weighted by Gasteiger charge is 2.07. The lowest BCUT2D eigenvalue weighted by atomic mass is 10.0. The van der Waals surface area contributed by atoms with Crippen molar-refractivity contribution in [2.24, 2.45) is 0 Å². The molecular formula is C18H18N2S. The molecule has 1 heterocycles. The van der Waals surface area contributed by atoms with E-state index in [-0.39, 0.29) is 0 Å². The molecule has 3 aromatic rings. The van der Waals surface area contributed by atoms with Gasteiger partial charge in [-0.2, -0.15) is 0 Å². The Bertz CT molecular complexity index is 764. The number of hydrogen-bond acceptors (Lipinski definition) is 3. The van der Waals surface area contributed by atoms with E-state index in [1.807, 2.05) is 12.1 Å². The summed E-state index contributed by atoms with van der Waals surface area (Å²) >= 11 is 1.75. The maximum absolute atomic E-state index is 6.00. The number of aromatic nitrogens is 1. The monoisotopic (exact) mass is 294 g/mol. The Kier molecular flexibility index (Phi) is 3.84. The van der Waals surface area contributed by atoms with Crippen LogP contribution in [0.5, 0.6) is 0 Å². The first-order chi connectivity index (χ1) is 10.1. The zero-order valence-corrected chi connectivity index (χ0v) is 13.0. The molecule has 21 heavy (non-hydrogen) atoms. The number of nitrogens with zero attached hydrogens (tertiary/aromatic N) is 1. The van der Waals surface area contributed by atoms with E-state index in [1.54, 1.807) is 18.0 Å². The molecule has 0 radical (unpaired) electrons. The molecule has 106 valence electrons. The quantitative estimate of drug-likeness (QED) is 0.684. The molecule has 0 saturated carbocycles. The van der Waals surface area contributed by atoms with Gasteiger partial charge in [0.1, 0.15) is 0 Å². The fourth-order valence-electron chi connectivity index (χ4n) is 2.31. The average Bonchev–Trinajstić information content (AvgIpc) is 2.51. The van der Waals surface area contributed by atoms with Crippen LogP contribution in [0.4, 0.5) is 5.69 Å². The van der Waals surface area contributed by atoms with E-state index in [2.05, 4.69) is 55.2 Å². The van der Waals surface area contributed by atoms with Gasteiger partial charge < -0.3 is 5.73 Å². The SMILES string of the molecule is CC(C)c1ccc(Sc2ccc(N)c3ncccc23)cc1. The van der Waals surface area contributed by atoms with Crippen LogP contribution in [-0.2, 0) is 0 Å². The average molecular weight is 294 g/mol. The summed E-state index contributed by atoms with van der Waals surface area (Å²) in [6.45, 7) is 4.42. The molecule has 0 aliphatic carbocycles. The number of hydrogen-bond donors (Lipinski definition) is 1. The summed E-state index contributed by atoms with van der Waals surface area (Å²) in [6, 6.07) is 16.8. The van der Waals surface area contributed by atoms with Gasteiger partial charge in [-0.05, 0) is 41.8 Å². The lowest BCUT2D eigenvalue weighted by Crippen LogP contribution is -1.90. The fraction of sp³-hybridized carbons (Fsp3) is 0.167. The highest BCUT2D eigenvalue weighted by atomic mass is 32.2. The van der Waals surface area contributed by atoms with Gasteiger partial charge in [-0.3, -0.25) is 4.98 Å².